The number of ether oxygens (including phenoxy) is 2. The number of benzene rings is 1. The molecular formula is C21H30F2N4O3. The van der Waals surface area contributed by atoms with Gasteiger partial charge in [0.2, 0.25) is 0 Å². The summed E-state index contributed by atoms with van der Waals surface area (Å²) >= 11 is 0. The van der Waals surface area contributed by atoms with Crippen LogP contribution in [0.3, 0.4) is 0 Å². The van der Waals surface area contributed by atoms with Crippen LogP contribution in [0.25, 0.3) is 0 Å². The predicted octanol–water partition coefficient (Wildman–Crippen LogP) is 3.64. The Morgan fingerprint density at radius 3 is 2.63 bits per heavy atom. The average molecular weight is 424 g/mol. The molecule has 0 saturated heterocycles. The highest BCUT2D eigenvalue weighted by atomic mass is 19.3. The molecule has 7 nitrogen and oxygen atoms in total. The lowest BCUT2D eigenvalue weighted by atomic mass is 10.2. The van der Waals surface area contributed by atoms with Gasteiger partial charge in [-0.2, -0.15) is 8.78 Å². The Labute approximate surface area is 176 Å². The predicted molar refractivity (Wildman–Crippen MR) is 112 cm³/mol. The summed E-state index contributed by atoms with van der Waals surface area (Å²) in [6.45, 7) is 0.357. The van der Waals surface area contributed by atoms with E-state index >= 15 is 0 Å². The van der Waals surface area contributed by atoms with Gasteiger partial charge in [-0.25, -0.2) is 0 Å². The van der Waals surface area contributed by atoms with E-state index in [1.54, 1.807) is 25.4 Å². The van der Waals surface area contributed by atoms with Crippen LogP contribution in [0.4, 0.5) is 8.78 Å². The SMILES string of the molecule is CCCOc1ccc(CNC(=NC)NCC(c2ccco2)N(C)C)c(OC(F)F)c1. The Morgan fingerprint density at radius 2 is 2.03 bits per heavy atom. The maximum atomic E-state index is 12.8. The van der Waals surface area contributed by atoms with E-state index in [-0.39, 0.29) is 18.3 Å². The molecule has 2 rings (SSSR count). The Balaban J connectivity index is 2.01. The molecule has 0 saturated carbocycles. The van der Waals surface area contributed by atoms with Crippen molar-refractivity contribution in [2.75, 3.05) is 34.3 Å². The lowest BCUT2D eigenvalue weighted by molar-refractivity contribution is -0.0505. The van der Waals surface area contributed by atoms with Crippen LogP contribution in [0.15, 0.2) is 46.0 Å². The molecule has 0 aliphatic heterocycles. The fraction of sp³-hybridized carbons (Fsp3) is 0.476. The molecule has 1 aromatic carbocycles. The van der Waals surface area contributed by atoms with Crippen molar-refractivity contribution in [3.63, 3.8) is 0 Å². The van der Waals surface area contributed by atoms with E-state index in [0.717, 1.165) is 12.2 Å². The third-order valence-electron chi connectivity index (χ3n) is 4.36. The van der Waals surface area contributed by atoms with Gasteiger partial charge in [-0.1, -0.05) is 6.92 Å². The fourth-order valence-electron chi connectivity index (χ4n) is 2.81. The normalized spacial score (nSPS) is 12.9. The van der Waals surface area contributed by atoms with E-state index in [1.807, 2.05) is 38.1 Å². The number of hydrogen-bond donors (Lipinski definition) is 2. The first-order valence-corrected chi connectivity index (χ1v) is 9.79. The highest BCUT2D eigenvalue weighted by Crippen LogP contribution is 2.26. The smallest absolute Gasteiger partial charge is 0.387 e. The zero-order valence-corrected chi connectivity index (χ0v) is 17.8. The Kier molecular flexibility index (Phi) is 9.40. The molecule has 1 atom stereocenters. The highest BCUT2D eigenvalue weighted by molar-refractivity contribution is 5.79. The van der Waals surface area contributed by atoms with Gasteiger partial charge in [0.05, 0.1) is 18.9 Å². The monoisotopic (exact) mass is 424 g/mol. The first-order valence-electron chi connectivity index (χ1n) is 9.79. The topological polar surface area (TPSA) is 71.3 Å². The number of aliphatic imine (C=N–C) groups is 1. The fourth-order valence-corrected chi connectivity index (χ4v) is 2.81. The van der Waals surface area contributed by atoms with E-state index in [2.05, 4.69) is 20.4 Å². The molecule has 0 spiro atoms. The van der Waals surface area contributed by atoms with Crippen LogP contribution in [0.5, 0.6) is 11.5 Å². The average Bonchev–Trinajstić information content (AvgIpc) is 3.23. The van der Waals surface area contributed by atoms with E-state index in [4.69, 9.17) is 9.15 Å². The van der Waals surface area contributed by atoms with Gasteiger partial charge in [-0.05, 0) is 44.8 Å². The summed E-state index contributed by atoms with van der Waals surface area (Å²) < 4.78 is 41.4. The lowest BCUT2D eigenvalue weighted by Gasteiger charge is -2.24. The minimum atomic E-state index is -2.92. The second-order valence-corrected chi connectivity index (χ2v) is 6.80. The number of furan rings is 1. The number of likely N-dealkylation sites (N-methyl/N-ethyl adjacent to an activating group) is 1. The van der Waals surface area contributed by atoms with Crippen molar-refractivity contribution in [3.05, 3.63) is 47.9 Å². The molecule has 0 radical (unpaired) electrons. The van der Waals surface area contributed by atoms with Crippen molar-refractivity contribution in [3.8, 4) is 11.5 Å². The molecule has 1 heterocycles. The van der Waals surface area contributed by atoms with Crippen molar-refractivity contribution in [1.82, 2.24) is 15.5 Å². The maximum absolute atomic E-state index is 12.8. The molecule has 0 fully saturated rings. The van der Waals surface area contributed by atoms with Crippen LogP contribution < -0.4 is 20.1 Å². The first-order chi connectivity index (χ1) is 14.4. The van der Waals surface area contributed by atoms with Crippen molar-refractivity contribution in [2.24, 2.45) is 4.99 Å². The van der Waals surface area contributed by atoms with Crippen molar-refractivity contribution >= 4 is 5.96 Å². The summed E-state index contributed by atoms with van der Waals surface area (Å²) in [6.07, 6.45) is 2.46. The Bertz CT molecular complexity index is 783. The second-order valence-electron chi connectivity index (χ2n) is 6.80. The van der Waals surface area contributed by atoms with Crippen LogP contribution in [-0.4, -0.2) is 51.8 Å². The summed E-state index contributed by atoms with van der Waals surface area (Å²) in [5.41, 5.74) is 0.567. The number of hydrogen-bond acceptors (Lipinski definition) is 5. The molecule has 2 aromatic rings. The number of guanidine groups is 1. The molecule has 0 aliphatic rings. The third kappa shape index (κ3) is 7.22. The molecule has 30 heavy (non-hydrogen) atoms. The zero-order valence-electron chi connectivity index (χ0n) is 17.8. The number of alkyl halides is 2. The third-order valence-corrected chi connectivity index (χ3v) is 4.36. The molecule has 166 valence electrons. The van der Waals surface area contributed by atoms with Crippen molar-refractivity contribution in [1.29, 1.82) is 0 Å². The van der Waals surface area contributed by atoms with Crippen LogP contribution >= 0.6 is 0 Å². The van der Waals surface area contributed by atoms with E-state index in [9.17, 15) is 8.78 Å². The summed E-state index contributed by atoms with van der Waals surface area (Å²) in [7, 11) is 5.56. The van der Waals surface area contributed by atoms with Gasteiger partial charge in [0, 0.05) is 31.8 Å². The minimum Gasteiger partial charge on any atom is -0.493 e. The zero-order chi connectivity index (χ0) is 21.9. The summed E-state index contributed by atoms with van der Waals surface area (Å²) in [4.78, 5) is 6.23. The molecular weight excluding hydrogens is 394 g/mol. The molecule has 2 N–H and O–H groups in total. The molecule has 0 aliphatic carbocycles. The molecule has 0 amide bonds. The van der Waals surface area contributed by atoms with E-state index in [1.165, 1.54) is 6.07 Å². The van der Waals surface area contributed by atoms with Gasteiger partial charge >= 0.3 is 6.61 Å². The largest absolute Gasteiger partial charge is 0.493 e. The molecule has 0 bridgehead atoms. The van der Waals surface area contributed by atoms with Crippen molar-refractivity contribution in [2.45, 2.75) is 32.5 Å². The van der Waals surface area contributed by atoms with Gasteiger partial charge in [0.25, 0.3) is 0 Å². The number of halogens is 2. The minimum absolute atomic E-state index is 0.00581. The molecule has 1 aromatic heterocycles. The Hall–Kier alpha value is -2.81. The maximum Gasteiger partial charge on any atom is 0.387 e. The van der Waals surface area contributed by atoms with Gasteiger partial charge in [0.1, 0.15) is 17.3 Å². The van der Waals surface area contributed by atoms with E-state index < -0.39 is 6.61 Å². The van der Waals surface area contributed by atoms with Crippen LogP contribution in [0.1, 0.15) is 30.7 Å². The molecule has 9 heteroatoms. The number of nitrogens with zero attached hydrogens (tertiary/aromatic N) is 2. The first kappa shape index (κ1) is 23.5. The van der Waals surface area contributed by atoms with Crippen LogP contribution in [0, 0.1) is 0 Å². The van der Waals surface area contributed by atoms with E-state index in [0.29, 0.717) is 30.4 Å². The van der Waals surface area contributed by atoms with Gasteiger partial charge in [0.15, 0.2) is 5.96 Å². The summed E-state index contributed by atoms with van der Waals surface area (Å²) in [5, 5.41) is 6.36. The highest BCUT2D eigenvalue weighted by Gasteiger charge is 2.17. The second kappa shape index (κ2) is 12.0. The summed E-state index contributed by atoms with van der Waals surface area (Å²) in [5.74, 6) is 1.93. The number of nitrogens with one attached hydrogen (secondary N) is 2. The number of rotatable bonds is 11. The molecule has 1 unspecified atom stereocenters. The standard InChI is InChI=1S/C21H30F2N4O3/c1-5-10-28-16-9-8-15(19(12-16)30-20(22)23)13-25-21(24-2)26-14-17(27(3)4)18-7-6-11-29-18/h6-9,11-12,17,20H,5,10,13-14H2,1-4H3,(H2,24,25,26). The van der Waals surface area contributed by atoms with Gasteiger partial charge < -0.3 is 24.5 Å². The van der Waals surface area contributed by atoms with Gasteiger partial charge in [-0.3, -0.25) is 9.89 Å². The van der Waals surface area contributed by atoms with Crippen molar-refractivity contribution < 1.29 is 22.7 Å². The lowest BCUT2D eigenvalue weighted by Crippen LogP contribution is -2.41. The quantitative estimate of drug-likeness (QED) is 0.424. The van der Waals surface area contributed by atoms with Crippen LogP contribution in [-0.2, 0) is 6.54 Å². The summed E-state index contributed by atoms with van der Waals surface area (Å²) in [6, 6.07) is 8.69. The Morgan fingerprint density at radius 1 is 1.23 bits per heavy atom. The van der Waals surface area contributed by atoms with Gasteiger partial charge in [-0.15, -0.1) is 0 Å². The van der Waals surface area contributed by atoms with Crippen LogP contribution in [0.2, 0.25) is 0 Å².